The molecule has 0 saturated carbocycles. The van der Waals surface area contributed by atoms with Crippen molar-refractivity contribution in [3.05, 3.63) is 71.9 Å². The van der Waals surface area contributed by atoms with Crippen molar-refractivity contribution in [2.24, 2.45) is 0 Å². The van der Waals surface area contributed by atoms with Crippen molar-refractivity contribution in [1.82, 2.24) is 15.6 Å². The van der Waals surface area contributed by atoms with Crippen LogP contribution in [0.25, 0.3) is 10.9 Å². The number of thiocarbonyl (C=S) groups is 1. The Morgan fingerprint density at radius 3 is 2.74 bits per heavy atom. The third-order valence-electron chi connectivity index (χ3n) is 5.18. The molecule has 2 atom stereocenters. The van der Waals surface area contributed by atoms with Crippen LogP contribution in [-0.2, 0) is 4.74 Å². The summed E-state index contributed by atoms with van der Waals surface area (Å²) in [6.07, 6.45) is 4.65. The zero-order valence-corrected chi connectivity index (χ0v) is 16.1. The number of rotatable bonds is 6. The van der Waals surface area contributed by atoms with Crippen LogP contribution in [0, 0.1) is 0 Å². The number of hydrogen-bond donors (Lipinski definition) is 3. The number of para-hydroxylation sites is 1. The molecule has 0 aliphatic carbocycles. The molecule has 27 heavy (non-hydrogen) atoms. The van der Waals surface area contributed by atoms with Gasteiger partial charge in [-0.15, -0.1) is 0 Å². The number of benzene rings is 2. The van der Waals surface area contributed by atoms with Gasteiger partial charge < -0.3 is 20.4 Å². The number of aromatic nitrogens is 1. The first-order valence-corrected chi connectivity index (χ1v) is 9.96. The summed E-state index contributed by atoms with van der Waals surface area (Å²) >= 11 is 5.50. The van der Waals surface area contributed by atoms with E-state index in [1.54, 1.807) is 0 Å². The number of nitrogens with one attached hydrogen (secondary N) is 3. The Labute approximate surface area is 165 Å². The summed E-state index contributed by atoms with van der Waals surface area (Å²) in [4.78, 5) is 3.40. The van der Waals surface area contributed by atoms with Crippen molar-refractivity contribution in [2.75, 3.05) is 19.7 Å². The molecule has 4 nitrogen and oxygen atoms in total. The van der Waals surface area contributed by atoms with E-state index < -0.39 is 0 Å². The van der Waals surface area contributed by atoms with Crippen LogP contribution >= 0.6 is 12.2 Å². The summed E-state index contributed by atoms with van der Waals surface area (Å²) in [5.74, 6) is 0.213. The molecule has 0 radical (unpaired) electrons. The molecule has 5 heteroatoms. The van der Waals surface area contributed by atoms with Gasteiger partial charge in [0.15, 0.2) is 5.11 Å². The molecule has 1 aromatic heterocycles. The van der Waals surface area contributed by atoms with E-state index in [1.165, 1.54) is 16.5 Å². The SMILES string of the molecule is S=C(NC[C@H]1CCCO1)NC[C@H](c1ccccc1)c1c[nH]c2ccccc12. The fourth-order valence-electron chi connectivity index (χ4n) is 3.74. The van der Waals surface area contributed by atoms with E-state index in [0.717, 1.165) is 38.1 Å². The zero-order valence-electron chi connectivity index (χ0n) is 15.3. The van der Waals surface area contributed by atoms with E-state index in [1.807, 2.05) is 0 Å². The highest BCUT2D eigenvalue weighted by Gasteiger charge is 2.19. The van der Waals surface area contributed by atoms with E-state index in [9.17, 15) is 0 Å². The number of fused-ring (bicyclic) bond motifs is 1. The third kappa shape index (κ3) is 4.31. The Morgan fingerprint density at radius 2 is 1.93 bits per heavy atom. The van der Waals surface area contributed by atoms with Gasteiger partial charge in [0.1, 0.15) is 0 Å². The average molecular weight is 380 g/mol. The monoisotopic (exact) mass is 379 g/mol. The summed E-state index contributed by atoms with van der Waals surface area (Å²) < 4.78 is 5.65. The lowest BCUT2D eigenvalue weighted by Crippen LogP contribution is -2.41. The molecule has 1 fully saturated rings. The Kier molecular flexibility index (Phi) is 5.70. The average Bonchev–Trinajstić information content (AvgIpc) is 3.38. The largest absolute Gasteiger partial charge is 0.376 e. The molecule has 1 saturated heterocycles. The molecule has 2 aromatic carbocycles. The molecule has 3 N–H and O–H groups in total. The molecule has 2 heterocycles. The number of hydrogen-bond acceptors (Lipinski definition) is 2. The van der Waals surface area contributed by atoms with Gasteiger partial charge in [0.25, 0.3) is 0 Å². The number of ether oxygens (including phenoxy) is 1. The van der Waals surface area contributed by atoms with Crippen LogP contribution in [0.5, 0.6) is 0 Å². The van der Waals surface area contributed by atoms with Gasteiger partial charge in [0.05, 0.1) is 6.10 Å². The fourth-order valence-corrected chi connectivity index (χ4v) is 3.91. The summed E-state index contributed by atoms with van der Waals surface area (Å²) in [6, 6.07) is 19.0. The molecular formula is C22H25N3OS. The smallest absolute Gasteiger partial charge is 0.166 e. The maximum atomic E-state index is 5.65. The Balaban J connectivity index is 1.48. The first-order chi connectivity index (χ1) is 13.3. The van der Waals surface area contributed by atoms with Crippen LogP contribution in [0.15, 0.2) is 60.8 Å². The topological polar surface area (TPSA) is 49.1 Å². The van der Waals surface area contributed by atoms with Gasteiger partial charge in [-0.3, -0.25) is 0 Å². The van der Waals surface area contributed by atoms with Crippen LogP contribution in [0.1, 0.15) is 29.9 Å². The molecule has 0 spiro atoms. The fraction of sp³-hybridized carbons (Fsp3) is 0.318. The van der Waals surface area contributed by atoms with Crippen molar-refractivity contribution < 1.29 is 4.74 Å². The minimum atomic E-state index is 0.213. The lowest BCUT2D eigenvalue weighted by Gasteiger charge is -2.20. The van der Waals surface area contributed by atoms with Crippen LogP contribution in [0.2, 0.25) is 0 Å². The van der Waals surface area contributed by atoms with Gasteiger partial charge in [-0.05, 0) is 42.3 Å². The predicted molar refractivity (Wildman–Crippen MR) is 114 cm³/mol. The summed E-state index contributed by atoms with van der Waals surface area (Å²) in [5, 5.41) is 8.65. The van der Waals surface area contributed by atoms with Crippen molar-refractivity contribution in [3.8, 4) is 0 Å². The second-order valence-electron chi connectivity index (χ2n) is 6.98. The third-order valence-corrected chi connectivity index (χ3v) is 5.47. The van der Waals surface area contributed by atoms with Crippen molar-refractivity contribution in [2.45, 2.75) is 24.9 Å². The Hall–Kier alpha value is -2.37. The molecule has 0 unspecified atom stereocenters. The van der Waals surface area contributed by atoms with Crippen LogP contribution in [0.4, 0.5) is 0 Å². The summed E-state index contributed by atoms with van der Waals surface area (Å²) in [6.45, 7) is 2.38. The van der Waals surface area contributed by atoms with Crippen LogP contribution in [0.3, 0.4) is 0 Å². The van der Waals surface area contributed by atoms with Gasteiger partial charge in [-0.1, -0.05) is 48.5 Å². The molecule has 140 valence electrons. The van der Waals surface area contributed by atoms with E-state index >= 15 is 0 Å². The van der Waals surface area contributed by atoms with Crippen LogP contribution < -0.4 is 10.6 Å². The van der Waals surface area contributed by atoms with Gasteiger partial charge in [0, 0.05) is 42.7 Å². The molecule has 0 bridgehead atoms. The van der Waals surface area contributed by atoms with E-state index in [2.05, 4.69) is 76.4 Å². The highest BCUT2D eigenvalue weighted by Crippen LogP contribution is 2.30. The second kappa shape index (κ2) is 8.55. The maximum Gasteiger partial charge on any atom is 0.166 e. The highest BCUT2D eigenvalue weighted by atomic mass is 32.1. The molecule has 0 amide bonds. The number of aromatic amines is 1. The minimum Gasteiger partial charge on any atom is -0.376 e. The molecule has 1 aliphatic heterocycles. The van der Waals surface area contributed by atoms with E-state index in [-0.39, 0.29) is 12.0 Å². The van der Waals surface area contributed by atoms with Crippen molar-refractivity contribution >= 4 is 28.2 Å². The Bertz CT molecular complexity index is 887. The van der Waals surface area contributed by atoms with Gasteiger partial charge >= 0.3 is 0 Å². The van der Waals surface area contributed by atoms with Gasteiger partial charge in [0.2, 0.25) is 0 Å². The highest BCUT2D eigenvalue weighted by molar-refractivity contribution is 7.80. The first-order valence-electron chi connectivity index (χ1n) is 9.55. The maximum absolute atomic E-state index is 5.65. The van der Waals surface area contributed by atoms with E-state index in [4.69, 9.17) is 17.0 Å². The van der Waals surface area contributed by atoms with Crippen molar-refractivity contribution in [3.63, 3.8) is 0 Å². The van der Waals surface area contributed by atoms with E-state index in [0.29, 0.717) is 5.11 Å². The quantitative estimate of drug-likeness (QED) is 0.568. The molecule has 4 rings (SSSR count). The standard InChI is InChI=1S/C22H25N3OS/c27-22(24-13-17-9-6-12-26-17)25-14-19(16-7-2-1-3-8-16)20-15-23-21-11-5-4-10-18(20)21/h1-5,7-8,10-11,15,17,19,23H,6,9,12-14H2,(H2,24,25,27)/t17-,19-/m1/s1. The van der Waals surface area contributed by atoms with Crippen LogP contribution in [-0.4, -0.2) is 35.9 Å². The molecular weight excluding hydrogens is 354 g/mol. The first kappa shape index (κ1) is 18.0. The molecule has 3 aromatic rings. The lowest BCUT2D eigenvalue weighted by atomic mass is 9.91. The van der Waals surface area contributed by atoms with Gasteiger partial charge in [-0.2, -0.15) is 0 Å². The van der Waals surface area contributed by atoms with Crippen molar-refractivity contribution in [1.29, 1.82) is 0 Å². The number of H-pyrrole nitrogens is 1. The normalized spacial score (nSPS) is 17.7. The van der Waals surface area contributed by atoms with Gasteiger partial charge in [-0.25, -0.2) is 0 Å². The predicted octanol–water partition coefficient (Wildman–Crippen LogP) is 3.94. The molecule has 1 aliphatic rings. The lowest BCUT2D eigenvalue weighted by molar-refractivity contribution is 0.114. The second-order valence-corrected chi connectivity index (χ2v) is 7.39. The summed E-state index contributed by atoms with van der Waals surface area (Å²) in [7, 11) is 0. The zero-order chi connectivity index (χ0) is 18.5. The Morgan fingerprint density at radius 1 is 1.11 bits per heavy atom. The minimum absolute atomic E-state index is 0.213. The summed E-state index contributed by atoms with van der Waals surface area (Å²) in [5.41, 5.74) is 3.72.